The van der Waals surface area contributed by atoms with E-state index in [0.717, 1.165) is 12.4 Å². The predicted molar refractivity (Wildman–Crippen MR) is 65.6 cm³/mol. The smallest absolute Gasteiger partial charge is 0.255 e. The molecule has 16 heavy (non-hydrogen) atoms. The molecule has 0 unspecified atom stereocenters. The summed E-state index contributed by atoms with van der Waals surface area (Å²) in [5, 5.41) is 2.92. The Morgan fingerprint density at radius 2 is 2.19 bits per heavy atom. The van der Waals surface area contributed by atoms with E-state index in [0.29, 0.717) is 11.5 Å². The zero-order chi connectivity index (χ0) is 12.1. The number of carbonyl (C=O) groups is 1. The molecule has 4 heteroatoms. The molecule has 1 aromatic heterocycles. The number of rotatable bonds is 4. The third kappa shape index (κ3) is 3.22. The van der Waals surface area contributed by atoms with Crippen LogP contribution in [0.25, 0.3) is 0 Å². The molecule has 0 radical (unpaired) electrons. The Morgan fingerprint density at radius 3 is 2.62 bits per heavy atom. The Labute approximate surface area is 96.7 Å². The predicted octanol–water partition coefficient (Wildman–Crippen LogP) is 1.85. The van der Waals surface area contributed by atoms with Gasteiger partial charge in [-0.15, -0.1) is 0 Å². The lowest BCUT2D eigenvalue weighted by Gasteiger charge is -2.19. The highest BCUT2D eigenvalue weighted by atomic mass is 16.2. The lowest BCUT2D eigenvalue weighted by molar-refractivity contribution is 0.0779. The van der Waals surface area contributed by atoms with Gasteiger partial charge in [0.25, 0.3) is 5.91 Å². The lowest BCUT2D eigenvalue weighted by atomic mass is 10.2. The highest BCUT2D eigenvalue weighted by molar-refractivity contribution is 5.93. The van der Waals surface area contributed by atoms with Crippen LogP contribution in [-0.2, 0) is 0 Å². The van der Waals surface area contributed by atoms with E-state index in [1.807, 2.05) is 7.05 Å². The summed E-state index contributed by atoms with van der Waals surface area (Å²) in [4.78, 5) is 17.8. The average molecular weight is 221 g/mol. The van der Waals surface area contributed by atoms with Gasteiger partial charge in [-0.2, -0.15) is 0 Å². The largest absolute Gasteiger partial charge is 0.373 e. The summed E-state index contributed by atoms with van der Waals surface area (Å²) in [5.41, 5.74) is 0.627. The van der Waals surface area contributed by atoms with Gasteiger partial charge >= 0.3 is 0 Å². The molecule has 0 aromatic carbocycles. The molecule has 88 valence electrons. The Bertz CT molecular complexity index is 346. The molecule has 4 nitrogen and oxygen atoms in total. The van der Waals surface area contributed by atoms with Crippen molar-refractivity contribution in [2.75, 3.05) is 26.0 Å². The molecule has 1 aromatic rings. The van der Waals surface area contributed by atoms with Gasteiger partial charge in [0.15, 0.2) is 0 Å². The molecule has 0 aliphatic carbocycles. The van der Waals surface area contributed by atoms with E-state index in [1.165, 1.54) is 0 Å². The molecule has 0 spiro atoms. The summed E-state index contributed by atoms with van der Waals surface area (Å²) in [6, 6.07) is 3.59. The van der Waals surface area contributed by atoms with Gasteiger partial charge in [-0.3, -0.25) is 4.79 Å². The second-order valence-corrected chi connectivity index (χ2v) is 4.26. The van der Waals surface area contributed by atoms with Crippen LogP contribution >= 0.6 is 0 Å². The van der Waals surface area contributed by atoms with Crippen LogP contribution < -0.4 is 5.32 Å². The fourth-order valence-electron chi connectivity index (χ4n) is 1.52. The Kier molecular flexibility index (Phi) is 4.28. The first-order valence-corrected chi connectivity index (χ1v) is 5.44. The molecule has 0 saturated heterocycles. The summed E-state index contributed by atoms with van der Waals surface area (Å²) in [7, 11) is 3.61. The molecule has 0 fully saturated rings. The van der Waals surface area contributed by atoms with E-state index in [2.05, 4.69) is 24.1 Å². The summed E-state index contributed by atoms with van der Waals surface area (Å²) < 4.78 is 0. The van der Waals surface area contributed by atoms with Crippen molar-refractivity contribution in [2.45, 2.75) is 13.8 Å². The molecule has 0 aliphatic heterocycles. The molecule has 0 saturated carbocycles. The number of aromatic nitrogens is 1. The zero-order valence-corrected chi connectivity index (χ0v) is 10.3. The number of carbonyl (C=O) groups excluding carboxylic acids is 1. The van der Waals surface area contributed by atoms with Gasteiger partial charge in [-0.1, -0.05) is 13.8 Å². The maximum atomic E-state index is 11.9. The van der Waals surface area contributed by atoms with Gasteiger partial charge in [-0.25, -0.2) is 4.98 Å². The van der Waals surface area contributed by atoms with Crippen molar-refractivity contribution in [1.82, 2.24) is 9.88 Å². The standard InChI is InChI=1S/C12H19N3O/c1-9(2)8-15(4)12(16)10-5-6-11(13-3)14-7-10/h5-7,9H,8H2,1-4H3,(H,13,14). The number of nitrogens with one attached hydrogen (secondary N) is 1. The third-order valence-corrected chi connectivity index (χ3v) is 2.25. The van der Waals surface area contributed by atoms with E-state index in [4.69, 9.17) is 0 Å². The van der Waals surface area contributed by atoms with Crippen molar-refractivity contribution in [3.63, 3.8) is 0 Å². The summed E-state index contributed by atoms with van der Waals surface area (Å²) >= 11 is 0. The van der Waals surface area contributed by atoms with Crippen LogP contribution in [0.1, 0.15) is 24.2 Å². The minimum absolute atomic E-state index is 0.0175. The summed E-state index contributed by atoms with van der Waals surface area (Å²) in [6.45, 7) is 4.94. The Morgan fingerprint density at radius 1 is 1.50 bits per heavy atom. The minimum Gasteiger partial charge on any atom is -0.373 e. The highest BCUT2D eigenvalue weighted by Gasteiger charge is 2.12. The van der Waals surface area contributed by atoms with Gasteiger partial charge < -0.3 is 10.2 Å². The topological polar surface area (TPSA) is 45.2 Å². The zero-order valence-electron chi connectivity index (χ0n) is 10.3. The normalized spacial score (nSPS) is 10.3. The number of nitrogens with zero attached hydrogens (tertiary/aromatic N) is 2. The van der Waals surface area contributed by atoms with E-state index in [1.54, 1.807) is 30.3 Å². The SMILES string of the molecule is CNc1ccc(C(=O)N(C)CC(C)C)cn1. The number of amides is 1. The summed E-state index contributed by atoms with van der Waals surface area (Å²) in [6.07, 6.45) is 1.60. The van der Waals surface area contributed by atoms with E-state index < -0.39 is 0 Å². The maximum absolute atomic E-state index is 11.9. The quantitative estimate of drug-likeness (QED) is 0.844. The van der Waals surface area contributed by atoms with Crippen molar-refractivity contribution in [3.05, 3.63) is 23.9 Å². The van der Waals surface area contributed by atoms with Gasteiger partial charge in [0, 0.05) is 26.8 Å². The fraction of sp³-hybridized carbons (Fsp3) is 0.500. The number of anilines is 1. The molecule has 1 N–H and O–H groups in total. The van der Waals surface area contributed by atoms with Crippen LogP contribution in [0.2, 0.25) is 0 Å². The molecule has 1 heterocycles. The monoisotopic (exact) mass is 221 g/mol. The van der Waals surface area contributed by atoms with E-state index in [-0.39, 0.29) is 5.91 Å². The second kappa shape index (κ2) is 5.49. The summed E-state index contributed by atoms with van der Waals surface area (Å²) in [5.74, 6) is 1.26. The maximum Gasteiger partial charge on any atom is 0.255 e. The van der Waals surface area contributed by atoms with Crippen LogP contribution in [-0.4, -0.2) is 36.4 Å². The van der Waals surface area contributed by atoms with Crippen molar-refractivity contribution < 1.29 is 4.79 Å². The van der Waals surface area contributed by atoms with Crippen LogP contribution in [0.4, 0.5) is 5.82 Å². The average Bonchev–Trinajstić information content (AvgIpc) is 2.27. The van der Waals surface area contributed by atoms with Gasteiger partial charge in [0.1, 0.15) is 5.82 Å². The molecular weight excluding hydrogens is 202 g/mol. The van der Waals surface area contributed by atoms with Crippen LogP contribution in [0.3, 0.4) is 0 Å². The first kappa shape index (κ1) is 12.5. The van der Waals surface area contributed by atoms with Crippen LogP contribution in [0.15, 0.2) is 18.3 Å². The van der Waals surface area contributed by atoms with E-state index >= 15 is 0 Å². The van der Waals surface area contributed by atoms with Gasteiger partial charge in [0.05, 0.1) is 5.56 Å². The second-order valence-electron chi connectivity index (χ2n) is 4.26. The van der Waals surface area contributed by atoms with Gasteiger partial charge in [0.2, 0.25) is 0 Å². The van der Waals surface area contributed by atoms with Crippen molar-refractivity contribution >= 4 is 11.7 Å². The number of pyridine rings is 1. The van der Waals surface area contributed by atoms with Gasteiger partial charge in [-0.05, 0) is 18.1 Å². The van der Waals surface area contributed by atoms with Crippen molar-refractivity contribution in [1.29, 1.82) is 0 Å². The van der Waals surface area contributed by atoms with Crippen molar-refractivity contribution in [3.8, 4) is 0 Å². The molecule has 0 aliphatic rings. The minimum atomic E-state index is 0.0175. The van der Waals surface area contributed by atoms with E-state index in [9.17, 15) is 4.79 Å². The van der Waals surface area contributed by atoms with Crippen LogP contribution in [0.5, 0.6) is 0 Å². The molecular formula is C12H19N3O. The fourth-order valence-corrected chi connectivity index (χ4v) is 1.52. The Hall–Kier alpha value is -1.58. The molecule has 0 bridgehead atoms. The molecule has 0 atom stereocenters. The first-order chi connectivity index (χ1) is 7.54. The molecule has 1 rings (SSSR count). The Balaban J connectivity index is 2.72. The van der Waals surface area contributed by atoms with Crippen molar-refractivity contribution in [2.24, 2.45) is 5.92 Å². The highest BCUT2D eigenvalue weighted by Crippen LogP contribution is 2.07. The lowest BCUT2D eigenvalue weighted by Crippen LogP contribution is -2.30. The third-order valence-electron chi connectivity index (χ3n) is 2.25. The van der Waals surface area contributed by atoms with Crippen LogP contribution in [0, 0.1) is 5.92 Å². The number of hydrogen-bond donors (Lipinski definition) is 1. The first-order valence-electron chi connectivity index (χ1n) is 5.44. The number of hydrogen-bond acceptors (Lipinski definition) is 3. The molecule has 1 amide bonds.